The highest BCUT2D eigenvalue weighted by Crippen LogP contribution is 2.38. The number of methoxy groups -OCH3 is 1. The number of nitrogens with zero attached hydrogens (tertiary/aromatic N) is 2. The molecular weight excluding hydrogens is 499 g/mol. The predicted octanol–water partition coefficient (Wildman–Crippen LogP) is 4.48. The van der Waals surface area contributed by atoms with Gasteiger partial charge in [-0.1, -0.05) is 11.6 Å². The molecule has 1 fully saturated rings. The fourth-order valence-electron chi connectivity index (χ4n) is 3.42. The third kappa shape index (κ3) is 5.85. The fraction of sp³-hybridized carbons (Fsp3) is 0.250. The van der Waals surface area contributed by atoms with Crippen LogP contribution in [0, 0.1) is 0 Å². The van der Waals surface area contributed by atoms with Gasteiger partial charge in [-0.3, -0.25) is 14.6 Å². The van der Waals surface area contributed by atoms with Crippen LogP contribution in [0.3, 0.4) is 0 Å². The van der Waals surface area contributed by atoms with Gasteiger partial charge in [0.25, 0.3) is 5.91 Å². The second kappa shape index (κ2) is 10.0. The number of rotatable bonds is 8. The summed E-state index contributed by atoms with van der Waals surface area (Å²) < 4.78 is 44.8. The molecule has 0 aliphatic heterocycles. The molecule has 4 rings (SSSR count). The van der Waals surface area contributed by atoms with Crippen LogP contribution in [0.1, 0.15) is 34.5 Å². The molecule has 0 unspecified atom stereocenters. The molecule has 12 heteroatoms. The number of aromatic nitrogens is 2. The van der Waals surface area contributed by atoms with E-state index >= 15 is 0 Å². The number of nitrogens with one attached hydrogen (secondary N) is 3. The molecule has 188 valence electrons. The summed E-state index contributed by atoms with van der Waals surface area (Å²) in [4.78, 5) is 33.4. The van der Waals surface area contributed by atoms with Crippen LogP contribution in [0.5, 0.6) is 5.88 Å². The van der Waals surface area contributed by atoms with Gasteiger partial charge in [-0.25, -0.2) is 4.98 Å². The molecule has 0 radical (unpaired) electrons. The normalized spacial score (nSPS) is 14.0. The van der Waals surface area contributed by atoms with E-state index in [0.29, 0.717) is 35.7 Å². The van der Waals surface area contributed by atoms with E-state index in [2.05, 4.69) is 25.9 Å². The average molecular weight is 520 g/mol. The predicted molar refractivity (Wildman–Crippen MR) is 126 cm³/mol. The molecule has 0 atom stereocenters. The number of hydrogen-bond donors (Lipinski definition) is 3. The summed E-state index contributed by atoms with van der Waals surface area (Å²) in [6, 6.07) is 9.67. The molecule has 1 aliphatic carbocycles. The Bertz CT molecular complexity index is 1260. The molecule has 1 aliphatic rings. The first-order valence-electron chi connectivity index (χ1n) is 10.8. The summed E-state index contributed by atoms with van der Waals surface area (Å²) in [5, 5.41) is 8.16. The number of benzene rings is 1. The van der Waals surface area contributed by atoms with Crippen LogP contribution in [-0.2, 0) is 17.5 Å². The Morgan fingerprint density at radius 2 is 1.86 bits per heavy atom. The Labute approximate surface area is 209 Å². The molecular formula is C24H21ClF3N5O3. The molecule has 2 heterocycles. The third-order valence-corrected chi connectivity index (χ3v) is 5.80. The van der Waals surface area contributed by atoms with Crippen molar-refractivity contribution in [3.05, 3.63) is 76.7 Å². The second-order valence-electron chi connectivity index (χ2n) is 8.16. The highest BCUT2D eigenvalue weighted by atomic mass is 35.5. The van der Waals surface area contributed by atoms with Crippen LogP contribution in [0.4, 0.5) is 24.5 Å². The number of pyridine rings is 2. The minimum absolute atomic E-state index is 0.0256. The molecule has 3 aromatic rings. The van der Waals surface area contributed by atoms with Crippen molar-refractivity contribution in [2.45, 2.75) is 31.1 Å². The minimum atomic E-state index is -4.58. The van der Waals surface area contributed by atoms with Crippen LogP contribution in [0.2, 0.25) is 5.02 Å². The largest absolute Gasteiger partial charge is 0.481 e. The van der Waals surface area contributed by atoms with Gasteiger partial charge in [-0.05, 0) is 49.2 Å². The van der Waals surface area contributed by atoms with Gasteiger partial charge in [0.1, 0.15) is 5.54 Å². The molecule has 0 spiro atoms. The quantitative estimate of drug-likeness (QED) is 0.405. The van der Waals surface area contributed by atoms with Gasteiger partial charge in [0, 0.05) is 17.3 Å². The van der Waals surface area contributed by atoms with Gasteiger partial charge >= 0.3 is 6.18 Å². The summed E-state index contributed by atoms with van der Waals surface area (Å²) in [6.45, 7) is 0.0789. The summed E-state index contributed by atoms with van der Waals surface area (Å²) >= 11 is 5.71. The van der Waals surface area contributed by atoms with Gasteiger partial charge in [-0.2, -0.15) is 13.2 Å². The molecule has 8 nitrogen and oxygen atoms in total. The number of ether oxygens (including phenoxy) is 1. The molecule has 2 amide bonds. The fourth-order valence-corrected chi connectivity index (χ4v) is 3.59. The molecule has 1 saturated carbocycles. The first-order chi connectivity index (χ1) is 17.1. The number of carbonyl (C=O) groups is 2. The summed E-state index contributed by atoms with van der Waals surface area (Å²) in [6.07, 6.45) is -0.867. The molecule has 1 aromatic carbocycles. The van der Waals surface area contributed by atoms with Gasteiger partial charge in [0.05, 0.1) is 48.0 Å². The Morgan fingerprint density at radius 1 is 1.08 bits per heavy atom. The van der Waals surface area contributed by atoms with E-state index in [1.807, 2.05) is 0 Å². The Hall–Kier alpha value is -3.86. The molecule has 36 heavy (non-hydrogen) atoms. The zero-order valence-corrected chi connectivity index (χ0v) is 19.7. The minimum Gasteiger partial charge on any atom is -0.481 e. The SMILES string of the molecule is COc1ccc(C(=O)NC2(C(=O)NCc3ccc(Nc4ccc(Cl)cc4C(F)(F)F)cn3)CC2)cn1. The highest BCUT2D eigenvalue weighted by molar-refractivity contribution is 6.30. The maximum Gasteiger partial charge on any atom is 0.418 e. The van der Waals surface area contributed by atoms with Crippen molar-refractivity contribution in [1.82, 2.24) is 20.6 Å². The number of carbonyl (C=O) groups excluding carboxylic acids is 2. The van der Waals surface area contributed by atoms with Gasteiger partial charge in [0.2, 0.25) is 11.8 Å². The van der Waals surface area contributed by atoms with Gasteiger partial charge < -0.3 is 20.7 Å². The monoisotopic (exact) mass is 519 g/mol. The first kappa shape index (κ1) is 25.2. The van der Waals surface area contributed by atoms with Crippen LogP contribution in [0.15, 0.2) is 54.9 Å². The molecule has 0 saturated heterocycles. The lowest BCUT2D eigenvalue weighted by molar-refractivity contribution is -0.137. The van der Waals surface area contributed by atoms with Crippen molar-refractivity contribution in [2.75, 3.05) is 12.4 Å². The number of hydrogen-bond acceptors (Lipinski definition) is 6. The molecule has 0 bridgehead atoms. The van der Waals surface area contributed by atoms with E-state index in [9.17, 15) is 22.8 Å². The van der Waals surface area contributed by atoms with E-state index in [0.717, 1.165) is 6.07 Å². The summed E-state index contributed by atoms with van der Waals surface area (Å²) in [7, 11) is 1.47. The Balaban J connectivity index is 1.34. The van der Waals surface area contributed by atoms with E-state index in [-0.39, 0.29) is 23.2 Å². The molecule has 3 N–H and O–H groups in total. The van der Waals surface area contributed by atoms with E-state index in [1.165, 1.54) is 31.6 Å². The summed E-state index contributed by atoms with van der Waals surface area (Å²) in [5.41, 5.74) is -0.934. The van der Waals surface area contributed by atoms with Crippen molar-refractivity contribution in [3.63, 3.8) is 0 Å². The summed E-state index contributed by atoms with van der Waals surface area (Å²) in [5.74, 6) is -0.405. The van der Waals surface area contributed by atoms with Crippen LogP contribution < -0.4 is 20.7 Å². The van der Waals surface area contributed by atoms with Crippen molar-refractivity contribution in [3.8, 4) is 5.88 Å². The maximum atomic E-state index is 13.3. The third-order valence-electron chi connectivity index (χ3n) is 5.57. The number of halogens is 4. The van der Waals surface area contributed by atoms with Crippen LogP contribution in [0.25, 0.3) is 0 Å². The zero-order chi connectivity index (χ0) is 25.9. The van der Waals surface area contributed by atoms with Crippen molar-refractivity contribution >= 4 is 34.8 Å². The van der Waals surface area contributed by atoms with Crippen molar-refractivity contribution in [1.29, 1.82) is 0 Å². The van der Waals surface area contributed by atoms with Crippen LogP contribution in [-0.4, -0.2) is 34.4 Å². The van der Waals surface area contributed by atoms with Gasteiger partial charge in [0.15, 0.2) is 0 Å². The molecule has 2 aromatic heterocycles. The van der Waals surface area contributed by atoms with E-state index in [1.54, 1.807) is 24.3 Å². The average Bonchev–Trinajstić information content (AvgIpc) is 3.64. The number of anilines is 2. The number of alkyl halides is 3. The van der Waals surface area contributed by atoms with Crippen molar-refractivity contribution < 1.29 is 27.5 Å². The Morgan fingerprint density at radius 3 is 2.44 bits per heavy atom. The topological polar surface area (TPSA) is 105 Å². The van der Waals surface area contributed by atoms with E-state index in [4.69, 9.17) is 16.3 Å². The van der Waals surface area contributed by atoms with E-state index < -0.39 is 23.2 Å². The lowest BCUT2D eigenvalue weighted by Gasteiger charge is -2.17. The van der Waals surface area contributed by atoms with Crippen LogP contribution >= 0.6 is 11.6 Å². The second-order valence-corrected chi connectivity index (χ2v) is 8.60. The van der Waals surface area contributed by atoms with Gasteiger partial charge in [-0.15, -0.1) is 0 Å². The highest BCUT2D eigenvalue weighted by Gasteiger charge is 2.51. The lowest BCUT2D eigenvalue weighted by Crippen LogP contribution is -2.48. The number of amides is 2. The zero-order valence-electron chi connectivity index (χ0n) is 18.9. The lowest BCUT2D eigenvalue weighted by atomic mass is 10.1. The standard InChI is InChI=1S/C24H21ClF3N5O3/c1-36-20-7-2-14(11-30-20)21(34)33-23(8-9-23)22(35)31-12-16-4-5-17(13-29-16)32-19-6-3-15(25)10-18(19)24(26,27)28/h2-7,10-11,13,32H,8-9,12H2,1H3,(H,31,35)(H,33,34). The Kier molecular flexibility index (Phi) is 7.02. The smallest absolute Gasteiger partial charge is 0.418 e. The first-order valence-corrected chi connectivity index (χ1v) is 11.2. The maximum absolute atomic E-state index is 13.3. The van der Waals surface area contributed by atoms with Crippen molar-refractivity contribution in [2.24, 2.45) is 0 Å².